The normalized spacial score (nSPS) is 10.2. The van der Waals surface area contributed by atoms with Gasteiger partial charge in [-0.15, -0.1) is 0 Å². The van der Waals surface area contributed by atoms with Crippen molar-refractivity contribution in [1.29, 1.82) is 0 Å². The summed E-state index contributed by atoms with van der Waals surface area (Å²) in [6.45, 7) is 1.61. The van der Waals surface area contributed by atoms with E-state index in [1.807, 2.05) is 0 Å². The summed E-state index contributed by atoms with van der Waals surface area (Å²) in [6.07, 6.45) is 1.40. The van der Waals surface area contributed by atoms with Gasteiger partial charge < -0.3 is 10.2 Å². The van der Waals surface area contributed by atoms with Gasteiger partial charge in [0.05, 0.1) is 0 Å². The lowest BCUT2D eigenvalue weighted by molar-refractivity contribution is 0.0691. The Hall–Kier alpha value is -2.43. The van der Waals surface area contributed by atoms with E-state index in [0.717, 1.165) is 0 Å². The number of hydrogen-bond donors (Lipinski definition) is 2. The number of aromatic carboxylic acids is 1. The summed E-state index contributed by atoms with van der Waals surface area (Å²) in [4.78, 5) is 18.9. The Morgan fingerprint density at radius 3 is 2.59 bits per heavy atom. The first-order chi connectivity index (χ1) is 8.09. The molecule has 0 radical (unpaired) electrons. The van der Waals surface area contributed by atoms with Crippen molar-refractivity contribution in [3.8, 4) is 16.9 Å². The molecule has 0 aliphatic heterocycles. The predicted octanol–water partition coefficient (Wildman–Crippen LogP) is 1.86. The van der Waals surface area contributed by atoms with Gasteiger partial charge in [-0.2, -0.15) is 0 Å². The van der Waals surface area contributed by atoms with Gasteiger partial charge in [0.15, 0.2) is 5.69 Å². The van der Waals surface area contributed by atoms with Crippen LogP contribution in [-0.4, -0.2) is 26.2 Å². The summed E-state index contributed by atoms with van der Waals surface area (Å²) >= 11 is 0. The molecule has 1 aromatic heterocycles. The summed E-state index contributed by atoms with van der Waals surface area (Å²) in [5.74, 6) is -0.766. The number of aromatic hydroxyl groups is 1. The lowest BCUT2D eigenvalue weighted by Gasteiger charge is -2.07. The molecule has 0 atom stereocenters. The van der Waals surface area contributed by atoms with E-state index in [2.05, 4.69) is 9.97 Å². The van der Waals surface area contributed by atoms with Crippen molar-refractivity contribution in [1.82, 2.24) is 9.97 Å². The lowest BCUT2D eigenvalue weighted by Crippen LogP contribution is -2.06. The second-order valence-corrected chi connectivity index (χ2v) is 3.50. The van der Waals surface area contributed by atoms with Crippen LogP contribution in [0, 0.1) is 6.92 Å². The number of phenolic OH excluding ortho intramolecular Hbond substituents is 1. The number of aromatic nitrogens is 2. The van der Waals surface area contributed by atoms with Crippen molar-refractivity contribution in [2.24, 2.45) is 0 Å². The number of nitrogens with zero attached hydrogens (tertiary/aromatic N) is 2. The third-order valence-electron chi connectivity index (χ3n) is 2.31. The highest BCUT2D eigenvalue weighted by Crippen LogP contribution is 2.29. The van der Waals surface area contributed by atoms with Crippen molar-refractivity contribution in [2.75, 3.05) is 0 Å². The number of para-hydroxylation sites is 1. The Morgan fingerprint density at radius 2 is 1.94 bits per heavy atom. The van der Waals surface area contributed by atoms with E-state index in [1.165, 1.54) is 12.3 Å². The van der Waals surface area contributed by atoms with Crippen LogP contribution in [0.25, 0.3) is 11.1 Å². The van der Waals surface area contributed by atoms with E-state index in [4.69, 9.17) is 5.11 Å². The molecule has 86 valence electrons. The average Bonchev–Trinajstić information content (AvgIpc) is 2.30. The van der Waals surface area contributed by atoms with Crippen molar-refractivity contribution >= 4 is 5.97 Å². The first-order valence-electron chi connectivity index (χ1n) is 4.95. The highest BCUT2D eigenvalue weighted by molar-refractivity contribution is 5.94. The fraction of sp³-hybridized carbons (Fsp3) is 0.0833. The molecule has 0 amide bonds. The number of rotatable bonds is 2. The topological polar surface area (TPSA) is 83.3 Å². The maximum Gasteiger partial charge on any atom is 0.355 e. The molecule has 1 heterocycles. The molecule has 2 N–H and O–H groups in total. The first-order valence-corrected chi connectivity index (χ1v) is 4.95. The maximum atomic E-state index is 11.1. The molecule has 0 saturated carbocycles. The van der Waals surface area contributed by atoms with Gasteiger partial charge in [-0.05, 0) is 13.0 Å². The predicted molar refractivity (Wildman–Crippen MR) is 60.8 cm³/mol. The van der Waals surface area contributed by atoms with Gasteiger partial charge in [-0.3, -0.25) is 0 Å². The summed E-state index contributed by atoms with van der Waals surface area (Å²) in [7, 11) is 0. The Kier molecular flexibility index (Phi) is 2.74. The molecule has 2 aromatic rings. The fourth-order valence-electron chi connectivity index (χ4n) is 1.53. The van der Waals surface area contributed by atoms with E-state index < -0.39 is 5.97 Å². The molecule has 0 fully saturated rings. The number of benzene rings is 1. The van der Waals surface area contributed by atoms with Crippen LogP contribution in [0.2, 0.25) is 0 Å². The molecule has 2 rings (SSSR count). The molecule has 0 bridgehead atoms. The van der Waals surface area contributed by atoms with Crippen LogP contribution in [0.15, 0.2) is 30.5 Å². The van der Waals surface area contributed by atoms with Gasteiger partial charge in [-0.25, -0.2) is 14.8 Å². The summed E-state index contributed by atoms with van der Waals surface area (Å²) < 4.78 is 0. The molecule has 0 spiro atoms. The molecule has 17 heavy (non-hydrogen) atoms. The van der Waals surface area contributed by atoms with Gasteiger partial charge in [0, 0.05) is 17.3 Å². The number of hydrogen-bond acceptors (Lipinski definition) is 4. The highest BCUT2D eigenvalue weighted by atomic mass is 16.4. The van der Waals surface area contributed by atoms with Crippen LogP contribution in [0.3, 0.4) is 0 Å². The summed E-state index contributed by atoms with van der Waals surface area (Å²) in [5, 5.41) is 18.8. The van der Waals surface area contributed by atoms with E-state index in [0.29, 0.717) is 17.0 Å². The number of phenols is 1. The zero-order chi connectivity index (χ0) is 12.4. The van der Waals surface area contributed by atoms with E-state index in [1.54, 1.807) is 25.1 Å². The third-order valence-corrected chi connectivity index (χ3v) is 2.31. The SMILES string of the molecule is Cc1ncc(-c2ccccc2O)c(C(=O)O)n1. The van der Waals surface area contributed by atoms with Crippen LogP contribution in [0.1, 0.15) is 16.3 Å². The van der Waals surface area contributed by atoms with E-state index >= 15 is 0 Å². The van der Waals surface area contributed by atoms with Crippen LogP contribution >= 0.6 is 0 Å². The molecule has 0 unspecified atom stereocenters. The number of carboxylic acids is 1. The molecule has 0 aliphatic rings. The van der Waals surface area contributed by atoms with Crippen LogP contribution in [0.5, 0.6) is 5.75 Å². The standard InChI is InChI=1S/C12H10N2O3/c1-7-13-6-9(11(14-7)12(16)17)8-4-2-3-5-10(8)15/h2-6,15H,1H3,(H,16,17). The van der Waals surface area contributed by atoms with Gasteiger partial charge >= 0.3 is 5.97 Å². The third kappa shape index (κ3) is 2.08. The molecule has 5 heteroatoms. The number of carboxylic acid groups (broad SMARTS) is 1. The second kappa shape index (κ2) is 4.21. The minimum absolute atomic E-state index is 0.00227. The van der Waals surface area contributed by atoms with Crippen molar-refractivity contribution in [3.63, 3.8) is 0 Å². The maximum absolute atomic E-state index is 11.1. The molecule has 0 saturated heterocycles. The molecule has 1 aromatic carbocycles. The quantitative estimate of drug-likeness (QED) is 0.822. The Bertz CT molecular complexity index is 582. The Morgan fingerprint density at radius 1 is 1.24 bits per heavy atom. The largest absolute Gasteiger partial charge is 0.507 e. The number of aryl methyl sites for hydroxylation is 1. The fourth-order valence-corrected chi connectivity index (χ4v) is 1.53. The van der Waals surface area contributed by atoms with Gasteiger partial charge in [0.2, 0.25) is 0 Å². The first kappa shape index (κ1) is 11.1. The molecular weight excluding hydrogens is 220 g/mol. The Labute approximate surface area is 97.4 Å². The highest BCUT2D eigenvalue weighted by Gasteiger charge is 2.16. The van der Waals surface area contributed by atoms with Crippen molar-refractivity contribution in [3.05, 3.63) is 42.0 Å². The zero-order valence-electron chi connectivity index (χ0n) is 9.08. The van der Waals surface area contributed by atoms with Crippen LogP contribution in [-0.2, 0) is 0 Å². The minimum Gasteiger partial charge on any atom is -0.507 e. The van der Waals surface area contributed by atoms with Crippen molar-refractivity contribution in [2.45, 2.75) is 6.92 Å². The molecule has 0 aliphatic carbocycles. The van der Waals surface area contributed by atoms with Gasteiger partial charge in [0.1, 0.15) is 11.6 Å². The summed E-state index contributed by atoms with van der Waals surface area (Å²) in [6, 6.07) is 6.48. The monoisotopic (exact) mass is 230 g/mol. The lowest BCUT2D eigenvalue weighted by atomic mass is 10.0. The Balaban J connectivity index is 2.68. The zero-order valence-corrected chi connectivity index (χ0v) is 9.08. The van der Waals surface area contributed by atoms with Crippen molar-refractivity contribution < 1.29 is 15.0 Å². The molecule has 5 nitrogen and oxygen atoms in total. The average molecular weight is 230 g/mol. The van der Waals surface area contributed by atoms with Crippen LogP contribution in [0.4, 0.5) is 0 Å². The summed E-state index contributed by atoms with van der Waals surface area (Å²) in [5.41, 5.74) is 0.602. The minimum atomic E-state index is -1.14. The second-order valence-electron chi connectivity index (χ2n) is 3.50. The smallest absolute Gasteiger partial charge is 0.355 e. The van der Waals surface area contributed by atoms with E-state index in [-0.39, 0.29) is 11.4 Å². The van der Waals surface area contributed by atoms with E-state index in [9.17, 15) is 9.90 Å². The number of carbonyl (C=O) groups is 1. The van der Waals surface area contributed by atoms with Crippen LogP contribution < -0.4 is 0 Å². The van der Waals surface area contributed by atoms with Gasteiger partial charge in [-0.1, -0.05) is 18.2 Å². The van der Waals surface area contributed by atoms with Gasteiger partial charge in [0.25, 0.3) is 0 Å². The molecular formula is C12H10N2O3.